The summed E-state index contributed by atoms with van der Waals surface area (Å²) in [5, 5.41) is 16.9. The van der Waals surface area contributed by atoms with E-state index in [1.165, 1.54) is 0 Å². The molecule has 2 heterocycles. The fourth-order valence-electron chi connectivity index (χ4n) is 1.14. The van der Waals surface area contributed by atoms with Crippen molar-refractivity contribution in [2.45, 2.75) is 23.7 Å². The van der Waals surface area contributed by atoms with Gasteiger partial charge in [0.2, 0.25) is 0 Å². The van der Waals surface area contributed by atoms with Gasteiger partial charge in [0.1, 0.15) is 21.1 Å². The summed E-state index contributed by atoms with van der Waals surface area (Å²) in [6.45, 7) is 0.331. The lowest BCUT2D eigenvalue weighted by Crippen LogP contribution is -2.15. The normalized spacial score (nSPS) is 38.1. The van der Waals surface area contributed by atoms with Crippen molar-refractivity contribution in [3.05, 3.63) is 0 Å². The minimum atomic E-state index is -0.495. The highest BCUT2D eigenvalue weighted by Gasteiger charge is 2.20. The Balaban J connectivity index is 0.000000160. The van der Waals surface area contributed by atoms with Gasteiger partial charge in [-0.1, -0.05) is 0 Å². The Bertz CT molecular complexity index is 179. The largest absolute Gasteiger partial charge is 0.393 e. The molecular weight excluding hydrogens is 230 g/mol. The Morgan fingerprint density at radius 3 is 2.12 bits per heavy atom. The van der Waals surface area contributed by atoms with Crippen molar-refractivity contribution in [3.8, 4) is 0 Å². The molecule has 16 heavy (non-hydrogen) atoms. The number of hydrogen-bond donors (Lipinski definition) is 2. The molecule has 0 bridgehead atoms. The second-order valence-electron chi connectivity index (χ2n) is 3.24. The van der Waals surface area contributed by atoms with Crippen LogP contribution in [0.3, 0.4) is 0 Å². The molecule has 2 rings (SSSR count). The standard InChI is InChI=1S/C4H7BO3.C4H7BO2S/c5-3-2-7-4(1-6)8-3;5-3-2-8-4(1-6)7-3/h2*3-4,6H,1-2H2. The van der Waals surface area contributed by atoms with Crippen LogP contribution in [0.4, 0.5) is 0 Å². The van der Waals surface area contributed by atoms with Crippen molar-refractivity contribution < 1.29 is 24.4 Å². The topological polar surface area (TPSA) is 68.2 Å². The van der Waals surface area contributed by atoms with E-state index in [9.17, 15) is 0 Å². The van der Waals surface area contributed by atoms with E-state index in [1.54, 1.807) is 11.8 Å². The summed E-state index contributed by atoms with van der Waals surface area (Å²) < 4.78 is 14.6. The Kier molecular flexibility index (Phi) is 6.79. The molecule has 2 N–H and O–H groups in total. The highest BCUT2D eigenvalue weighted by molar-refractivity contribution is 8.00. The van der Waals surface area contributed by atoms with E-state index >= 15 is 0 Å². The first-order valence-electron chi connectivity index (χ1n) is 4.92. The maximum absolute atomic E-state index is 8.48. The minimum absolute atomic E-state index is 0.0678. The van der Waals surface area contributed by atoms with Crippen LogP contribution in [-0.2, 0) is 14.2 Å². The fourth-order valence-corrected chi connectivity index (χ4v) is 1.95. The number of aliphatic hydroxyl groups excluding tert-OH is 2. The van der Waals surface area contributed by atoms with Gasteiger partial charge in [0.05, 0.1) is 19.8 Å². The quantitative estimate of drug-likeness (QED) is 0.570. The van der Waals surface area contributed by atoms with E-state index < -0.39 is 6.29 Å². The van der Waals surface area contributed by atoms with Crippen LogP contribution >= 0.6 is 11.8 Å². The zero-order valence-corrected chi connectivity index (χ0v) is 9.64. The molecule has 8 heteroatoms. The minimum Gasteiger partial charge on any atom is -0.393 e. The summed E-state index contributed by atoms with van der Waals surface area (Å²) >= 11 is 1.55. The lowest BCUT2D eigenvalue weighted by Gasteiger charge is -2.04. The van der Waals surface area contributed by atoms with E-state index in [1.807, 2.05) is 0 Å². The van der Waals surface area contributed by atoms with Crippen molar-refractivity contribution in [1.82, 2.24) is 0 Å². The lowest BCUT2D eigenvalue weighted by atomic mass is 10.0. The first-order chi connectivity index (χ1) is 7.65. The summed E-state index contributed by atoms with van der Waals surface area (Å²) in [7, 11) is 10.6. The highest BCUT2D eigenvalue weighted by atomic mass is 32.2. The predicted molar refractivity (Wildman–Crippen MR) is 61.4 cm³/mol. The fraction of sp³-hybridized carbons (Fsp3) is 1.00. The molecule has 0 aromatic carbocycles. The SMILES string of the molecule is [B]C1COC(CO)O1.[B]C1CSC(CO)O1. The molecule has 0 amide bonds. The number of ether oxygens (including phenoxy) is 3. The summed E-state index contributed by atoms with van der Waals surface area (Å²) in [5.41, 5.74) is -0.0787. The summed E-state index contributed by atoms with van der Waals surface area (Å²) in [6, 6.07) is -0.524. The Morgan fingerprint density at radius 1 is 1.12 bits per heavy atom. The van der Waals surface area contributed by atoms with Crippen molar-refractivity contribution in [2.24, 2.45) is 0 Å². The van der Waals surface area contributed by atoms with Crippen molar-refractivity contribution in [1.29, 1.82) is 0 Å². The van der Waals surface area contributed by atoms with Gasteiger partial charge in [0.25, 0.3) is 0 Å². The van der Waals surface area contributed by atoms with Crippen LogP contribution in [0.25, 0.3) is 0 Å². The third-order valence-electron chi connectivity index (χ3n) is 1.84. The van der Waals surface area contributed by atoms with Crippen LogP contribution in [0, 0.1) is 0 Å². The second kappa shape index (κ2) is 7.58. The van der Waals surface area contributed by atoms with Gasteiger partial charge in [-0.05, 0) is 0 Å². The number of rotatable bonds is 2. The smallest absolute Gasteiger partial charge is 0.180 e. The van der Waals surface area contributed by atoms with Gasteiger partial charge in [-0.25, -0.2) is 0 Å². The van der Waals surface area contributed by atoms with Gasteiger partial charge in [0, 0.05) is 17.8 Å². The van der Waals surface area contributed by atoms with Crippen LogP contribution in [0.2, 0.25) is 0 Å². The maximum atomic E-state index is 8.48. The summed E-state index contributed by atoms with van der Waals surface area (Å²) in [4.78, 5) is 0. The van der Waals surface area contributed by atoms with Crippen molar-refractivity contribution in [3.63, 3.8) is 0 Å². The van der Waals surface area contributed by atoms with E-state index in [4.69, 9.17) is 40.1 Å². The molecule has 0 spiro atoms. The second-order valence-corrected chi connectivity index (χ2v) is 4.43. The third-order valence-corrected chi connectivity index (χ3v) is 3.00. The van der Waals surface area contributed by atoms with Crippen LogP contribution in [-0.4, -0.2) is 75.2 Å². The van der Waals surface area contributed by atoms with E-state index in [0.29, 0.717) is 6.61 Å². The van der Waals surface area contributed by atoms with Crippen LogP contribution < -0.4 is 0 Å². The first-order valence-corrected chi connectivity index (χ1v) is 5.97. The molecule has 5 nitrogen and oxygen atoms in total. The van der Waals surface area contributed by atoms with Gasteiger partial charge in [-0.3, -0.25) is 0 Å². The first kappa shape index (κ1) is 14.3. The monoisotopic (exact) mass is 244 g/mol. The maximum Gasteiger partial charge on any atom is 0.180 e. The van der Waals surface area contributed by atoms with Crippen LogP contribution in [0.15, 0.2) is 0 Å². The average molecular weight is 244 g/mol. The molecule has 0 aliphatic carbocycles. The van der Waals surface area contributed by atoms with Gasteiger partial charge >= 0.3 is 0 Å². The van der Waals surface area contributed by atoms with Crippen molar-refractivity contribution in [2.75, 3.05) is 25.6 Å². The molecule has 0 aromatic rings. The molecule has 0 aromatic heterocycles. The Labute approximate surface area is 102 Å². The van der Waals surface area contributed by atoms with E-state index in [-0.39, 0.29) is 30.7 Å². The van der Waals surface area contributed by atoms with Crippen molar-refractivity contribution >= 4 is 27.5 Å². The molecule has 0 saturated carbocycles. The number of thioether (sulfide) groups is 1. The molecule has 88 valence electrons. The molecule has 4 radical (unpaired) electrons. The molecule has 4 atom stereocenters. The molecular formula is C8H14B2O5S. The average Bonchev–Trinajstić information content (AvgIpc) is 2.88. The lowest BCUT2D eigenvalue weighted by molar-refractivity contribution is -0.0789. The molecule has 4 unspecified atom stereocenters. The van der Waals surface area contributed by atoms with Gasteiger partial charge < -0.3 is 24.4 Å². The summed E-state index contributed by atoms with van der Waals surface area (Å²) in [6.07, 6.45) is -0.495. The molecule has 2 saturated heterocycles. The molecule has 2 fully saturated rings. The molecule has 2 aliphatic heterocycles. The van der Waals surface area contributed by atoms with Gasteiger partial charge in [-0.15, -0.1) is 11.8 Å². The Morgan fingerprint density at radius 2 is 1.88 bits per heavy atom. The third kappa shape index (κ3) is 5.07. The van der Waals surface area contributed by atoms with Crippen LogP contribution in [0.1, 0.15) is 0 Å². The predicted octanol–water partition coefficient (Wildman–Crippen LogP) is -1.59. The number of aliphatic hydroxyl groups is 2. The molecule has 2 aliphatic rings. The zero-order chi connectivity index (χ0) is 12.0. The summed E-state index contributed by atoms with van der Waals surface area (Å²) in [5.74, 6) is 0.797. The van der Waals surface area contributed by atoms with Gasteiger partial charge in [0.15, 0.2) is 6.29 Å². The highest BCUT2D eigenvalue weighted by Crippen LogP contribution is 2.22. The van der Waals surface area contributed by atoms with Crippen LogP contribution in [0.5, 0.6) is 0 Å². The van der Waals surface area contributed by atoms with Gasteiger partial charge in [-0.2, -0.15) is 0 Å². The number of hydrogen-bond acceptors (Lipinski definition) is 6. The Hall–Kier alpha value is 0.280. The zero-order valence-electron chi connectivity index (χ0n) is 8.82. The van der Waals surface area contributed by atoms with E-state index in [0.717, 1.165) is 5.75 Å². The van der Waals surface area contributed by atoms with E-state index in [2.05, 4.69) is 0 Å².